The molecule has 3 atom stereocenters. The van der Waals surface area contributed by atoms with Gasteiger partial charge in [0, 0.05) is 6.20 Å². The average Bonchev–Trinajstić information content (AvgIpc) is 3.33. The Labute approximate surface area is 122 Å². The van der Waals surface area contributed by atoms with Gasteiger partial charge in [0.05, 0.1) is 12.8 Å². The van der Waals surface area contributed by atoms with Crippen molar-refractivity contribution in [3.8, 4) is 0 Å². The molecule has 0 amide bonds. The SMILES string of the molecule is COC(=O)C(NC1OC1c1ccccn1)c1ccccc1. The zero-order valence-corrected chi connectivity index (χ0v) is 11.6. The Morgan fingerprint density at radius 1 is 1.24 bits per heavy atom. The summed E-state index contributed by atoms with van der Waals surface area (Å²) in [4.78, 5) is 16.2. The highest BCUT2D eigenvalue weighted by Crippen LogP contribution is 2.37. The fourth-order valence-electron chi connectivity index (χ4n) is 2.24. The molecule has 0 spiro atoms. The van der Waals surface area contributed by atoms with Gasteiger partial charge in [-0.2, -0.15) is 0 Å². The van der Waals surface area contributed by atoms with Gasteiger partial charge in [-0.1, -0.05) is 36.4 Å². The number of aromatic nitrogens is 1. The van der Waals surface area contributed by atoms with Crippen molar-refractivity contribution in [2.75, 3.05) is 7.11 Å². The van der Waals surface area contributed by atoms with Gasteiger partial charge in [0.1, 0.15) is 18.4 Å². The summed E-state index contributed by atoms with van der Waals surface area (Å²) >= 11 is 0. The van der Waals surface area contributed by atoms with Crippen LogP contribution in [-0.2, 0) is 14.3 Å². The van der Waals surface area contributed by atoms with Crippen LogP contribution in [0.1, 0.15) is 23.4 Å². The molecular formula is C16H16N2O3. The molecule has 1 aromatic heterocycles. The lowest BCUT2D eigenvalue weighted by Crippen LogP contribution is -2.32. The molecular weight excluding hydrogens is 268 g/mol. The third-order valence-corrected chi connectivity index (χ3v) is 3.37. The summed E-state index contributed by atoms with van der Waals surface area (Å²) in [5.74, 6) is -0.337. The predicted octanol–water partition coefficient (Wildman–Crippen LogP) is 1.98. The number of benzene rings is 1. The number of methoxy groups -OCH3 is 1. The molecule has 0 aliphatic carbocycles. The molecule has 2 aromatic rings. The van der Waals surface area contributed by atoms with Crippen molar-refractivity contribution in [3.63, 3.8) is 0 Å². The first-order valence-corrected chi connectivity index (χ1v) is 6.75. The highest BCUT2D eigenvalue weighted by molar-refractivity contribution is 5.77. The van der Waals surface area contributed by atoms with Crippen LogP contribution in [0.15, 0.2) is 54.7 Å². The van der Waals surface area contributed by atoms with Gasteiger partial charge in [-0.05, 0) is 17.7 Å². The zero-order chi connectivity index (χ0) is 14.7. The molecule has 0 radical (unpaired) electrons. The quantitative estimate of drug-likeness (QED) is 0.672. The smallest absolute Gasteiger partial charge is 0.327 e. The molecule has 0 saturated carbocycles. The van der Waals surface area contributed by atoms with E-state index in [1.165, 1.54) is 7.11 Å². The molecule has 1 aliphatic heterocycles. The van der Waals surface area contributed by atoms with Crippen molar-refractivity contribution in [1.29, 1.82) is 0 Å². The first kappa shape index (κ1) is 13.7. The van der Waals surface area contributed by atoms with Crippen molar-refractivity contribution >= 4 is 5.97 Å². The molecule has 3 rings (SSSR count). The maximum absolute atomic E-state index is 12.0. The van der Waals surface area contributed by atoms with E-state index in [9.17, 15) is 4.79 Å². The van der Waals surface area contributed by atoms with Crippen LogP contribution in [0.2, 0.25) is 0 Å². The fraction of sp³-hybridized carbons (Fsp3) is 0.250. The van der Waals surface area contributed by atoms with Crippen LogP contribution in [0, 0.1) is 0 Å². The Hall–Kier alpha value is -2.24. The van der Waals surface area contributed by atoms with Crippen LogP contribution >= 0.6 is 0 Å². The van der Waals surface area contributed by atoms with E-state index in [1.807, 2.05) is 48.5 Å². The van der Waals surface area contributed by atoms with Crippen LogP contribution in [0.3, 0.4) is 0 Å². The molecule has 1 N–H and O–H groups in total. The number of ether oxygens (including phenoxy) is 2. The number of epoxide rings is 1. The Morgan fingerprint density at radius 3 is 2.67 bits per heavy atom. The monoisotopic (exact) mass is 284 g/mol. The Balaban J connectivity index is 1.71. The fourth-order valence-corrected chi connectivity index (χ4v) is 2.24. The van der Waals surface area contributed by atoms with Crippen molar-refractivity contribution in [1.82, 2.24) is 10.3 Å². The van der Waals surface area contributed by atoms with Gasteiger partial charge in [-0.3, -0.25) is 10.3 Å². The van der Waals surface area contributed by atoms with E-state index in [0.717, 1.165) is 11.3 Å². The summed E-state index contributed by atoms with van der Waals surface area (Å²) in [6.07, 6.45) is 1.37. The second-order valence-electron chi connectivity index (χ2n) is 4.77. The Bertz CT molecular complexity index is 603. The van der Waals surface area contributed by atoms with Crippen molar-refractivity contribution in [2.24, 2.45) is 0 Å². The number of esters is 1. The summed E-state index contributed by atoms with van der Waals surface area (Å²) in [6, 6.07) is 14.6. The number of pyridine rings is 1. The van der Waals surface area contributed by atoms with Gasteiger partial charge >= 0.3 is 5.97 Å². The number of hydrogen-bond acceptors (Lipinski definition) is 5. The summed E-state index contributed by atoms with van der Waals surface area (Å²) in [7, 11) is 1.38. The van der Waals surface area contributed by atoms with E-state index in [2.05, 4.69) is 10.3 Å². The van der Waals surface area contributed by atoms with Crippen LogP contribution in [0.4, 0.5) is 0 Å². The summed E-state index contributed by atoms with van der Waals surface area (Å²) in [6.45, 7) is 0. The topological polar surface area (TPSA) is 63.8 Å². The van der Waals surface area contributed by atoms with Crippen molar-refractivity contribution in [3.05, 3.63) is 66.0 Å². The third kappa shape index (κ3) is 3.09. The lowest BCUT2D eigenvalue weighted by molar-refractivity contribution is -0.143. The molecule has 3 unspecified atom stereocenters. The Morgan fingerprint density at radius 2 is 2.00 bits per heavy atom. The normalized spacial score (nSPS) is 21.6. The first-order valence-electron chi connectivity index (χ1n) is 6.75. The maximum Gasteiger partial charge on any atom is 0.327 e. The standard InChI is InChI=1S/C16H16N2O3/c1-20-16(19)13(11-7-3-2-4-8-11)18-15-14(21-15)12-9-5-6-10-17-12/h2-10,13-15,18H,1H3. The van der Waals surface area contributed by atoms with Gasteiger partial charge in [-0.25, -0.2) is 4.79 Å². The lowest BCUT2D eigenvalue weighted by Gasteiger charge is -2.15. The zero-order valence-electron chi connectivity index (χ0n) is 11.6. The second kappa shape index (κ2) is 6.03. The summed E-state index contributed by atoms with van der Waals surface area (Å²) < 4.78 is 10.4. The third-order valence-electron chi connectivity index (χ3n) is 3.37. The highest BCUT2D eigenvalue weighted by Gasteiger charge is 2.44. The molecule has 0 bridgehead atoms. The molecule has 21 heavy (non-hydrogen) atoms. The molecule has 108 valence electrons. The van der Waals surface area contributed by atoms with Crippen LogP contribution in [-0.4, -0.2) is 24.3 Å². The van der Waals surface area contributed by atoms with Gasteiger partial charge < -0.3 is 9.47 Å². The molecule has 2 heterocycles. The first-order chi connectivity index (χ1) is 10.3. The van der Waals surface area contributed by atoms with Gasteiger partial charge in [0.25, 0.3) is 0 Å². The van der Waals surface area contributed by atoms with Crippen LogP contribution < -0.4 is 5.32 Å². The number of hydrogen-bond donors (Lipinski definition) is 1. The van der Waals surface area contributed by atoms with Crippen LogP contribution in [0.5, 0.6) is 0 Å². The number of carbonyl (C=O) groups excluding carboxylic acids is 1. The minimum atomic E-state index is -0.546. The second-order valence-corrected chi connectivity index (χ2v) is 4.77. The maximum atomic E-state index is 12.0. The molecule has 1 saturated heterocycles. The van der Waals surface area contributed by atoms with Gasteiger partial charge in [0.2, 0.25) is 0 Å². The van der Waals surface area contributed by atoms with E-state index in [0.29, 0.717) is 0 Å². The predicted molar refractivity (Wildman–Crippen MR) is 76.2 cm³/mol. The van der Waals surface area contributed by atoms with Crippen LogP contribution in [0.25, 0.3) is 0 Å². The molecule has 1 aliphatic rings. The Kier molecular flexibility index (Phi) is 3.94. The van der Waals surface area contributed by atoms with Gasteiger partial charge in [-0.15, -0.1) is 0 Å². The molecule has 1 aromatic carbocycles. The van der Waals surface area contributed by atoms with Gasteiger partial charge in [0.15, 0.2) is 0 Å². The summed E-state index contributed by atoms with van der Waals surface area (Å²) in [5.41, 5.74) is 1.70. The lowest BCUT2D eigenvalue weighted by atomic mass is 10.1. The molecule has 5 nitrogen and oxygen atoms in total. The number of nitrogens with one attached hydrogen (secondary N) is 1. The highest BCUT2D eigenvalue weighted by atomic mass is 16.6. The minimum Gasteiger partial charge on any atom is -0.468 e. The largest absolute Gasteiger partial charge is 0.468 e. The van der Waals surface area contributed by atoms with Crippen molar-refractivity contribution < 1.29 is 14.3 Å². The number of nitrogens with zero attached hydrogens (tertiary/aromatic N) is 1. The minimum absolute atomic E-state index is 0.123. The van der Waals surface area contributed by atoms with E-state index < -0.39 is 6.04 Å². The summed E-state index contributed by atoms with van der Waals surface area (Å²) in [5, 5.41) is 3.17. The van der Waals surface area contributed by atoms with E-state index in [1.54, 1.807) is 6.20 Å². The number of carbonyl (C=O) groups is 1. The van der Waals surface area contributed by atoms with E-state index >= 15 is 0 Å². The number of rotatable bonds is 5. The molecule has 1 fully saturated rings. The van der Waals surface area contributed by atoms with Crippen molar-refractivity contribution in [2.45, 2.75) is 18.4 Å². The average molecular weight is 284 g/mol. The molecule has 5 heteroatoms. The van der Waals surface area contributed by atoms with E-state index in [4.69, 9.17) is 9.47 Å². The van der Waals surface area contributed by atoms with E-state index in [-0.39, 0.29) is 18.3 Å².